The van der Waals surface area contributed by atoms with Gasteiger partial charge in [-0.25, -0.2) is 0 Å². The van der Waals surface area contributed by atoms with Crippen LogP contribution in [0.1, 0.15) is 48.8 Å². The molecule has 4 heteroatoms. The van der Waals surface area contributed by atoms with E-state index in [-0.39, 0.29) is 12.1 Å². The van der Waals surface area contributed by atoms with E-state index in [2.05, 4.69) is 24.0 Å². The van der Waals surface area contributed by atoms with E-state index in [1.54, 1.807) is 0 Å². The third-order valence-corrected chi connectivity index (χ3v) is 7.95. The second-order valence-corrected chi connectivity index (χ2v) is 9.19. The van der Waals surface area contributed by atoms with Gasteiger partial charge in [-0.3, -0.25) is 4.90 Å². The third-order valence-electron chi connectivity index (χ3n) is 7.95. The number of likely N-dealkylation sites (tertiary alicyclic amines) is 1. The molecule has 1 spiro atoms. The molecule has 0 radical (unpaired) electrons. The Balaban J connectivity index is 1.57. The Kier molecular flexibility index (Phi) is 2.76. The van der Waals surface area contributed by atoms with Crippen molar-refractivity contribution in [1.82, 2.24) is 4.90 Å². The molecule has 5 aliphatic rings. The molecule has 2 bridgehead atoms. The van der Waals surface area contributed by atoms with E-state index >= 15 is 0 Å². The summed E-state index contributed by atoms with van der Waals surface area (Å²) in [5.41, 5.74) is 2.53. The predicted molar refractivity (Wildman–Crippen MR) is 93.9 cm³/mol. The van der Waals surface area contributed by atoms with Crippen molar-refractivity contribution >= 4 is 0 Å². The lowest BCUT2D eigenvalue weighted by Crippen LogP contribution is -2.77. The predicted octanol–water partition coefficient (Wildman–Crippen LogP) is 1.92. The molecule has 2 heterocycles. The molecular formula is C21H27NO3. The van der Waals surface area contributed by atoms with Crippen LogP contribution in [0.15, 0.2) is 12.1 Å². The smallest absolute Gasteiger partial charge is 0.137 e. The van der Waals surface area contributed by atoms with Gasteiger partial charge >= 0.3 is 0 Å². The Hall–Kier alpha value is -1.10. The van der Waals surface area contributed by atoms with Crippen molar-refractivity contribution in [2.45, 2.75) is 74.7 Å². The molecule has 0 amide bonds. The van der Waals surface area contributed by atoms with E-state index in [1.165, 1.54) is 24.0 Å². The first-order chi connectivity index (χ1) is 12.0. The fraction of sp³-hybridized carbons (Fsp3) is 0.714. The highest BCUT2D eigenvalue weighted by molar-refractivity contribution is 5.60. The molecule has 1 aromatic carbocycles. The van der Waals surface area contributed by atoms with Gasteiger partial charge < -0.3 is 14.9 Å². The van der Waals surface area contributed by atoms with Crippen LogP contribution in [0, 0.1) is 12.8 Å². The Morgan fingerprint density at radius 3 is 2.88 bits per heavy atom. The van der Waals surface area contributed by atoms with E-state index in [4.69, 9.17) is 4.74 Å². The number of piperidine rings is 1. The van der Waals surface area contributed by atoms with Crippen molar-refractivity contribution in [3.8, 4) is 5.75 Å². The zero-order chi connectivity index (χ0) is 17.0. The number of ether oxygens (including phenoxy) is 1. The van der Waals surface area contributed by atoms with Crippen molar-refractivity contribution in [3.05, 3.63) is 28.8 Å². The largest absolute Gasteiger partial charge is 0.486 e. The van der Waals surface area contributed by atoms with Gasteiger partial charge in [-0.2, -0.15) is 0 Å². The number of benzene rings is 1. The highest BCUT2D eigenvalue weighted by Crippen LogP contribution is 2.64. The normalized spacial score (nSPS) is 44.4. The minimum Gasteiger partial charge on any atom is -0.486 e. The van der Waals surface area contributed by atoms with Crippen LogP contribution in [0.25, 0.3) is 0 Å². The molecule has 2 saturated carbocycles. The van der Waals surface area contributed by atoms with Crippen LogP contribution in [-0.2, 0) is 11.8 Å². The summed E-state index contributed by atoms with van der Waals surface area (Å²) in [5, 5.41) is 22.9. The summed E-state index contributed by atoms with van der Waals surface area (Å²) in [6, 6.07) is 4.57. The highest BCUT2D eigenvalue weighted by Gasteiger charge is 2.72. The first kappa shape index (κ1) is 15.0. The first-order valence-corrected chi connectivity index (χ1v) is 9.99. The molecule has 1 aromatic rings. The van der Waals surface area contributed by atoms with Gasteiger partial charge in [-0.1, -0.05) is 12.1 Å². The summed E-state index contributed by atoms with van der Waals surface area (Å²) in [4.78, 5) is 2.57. The molecule has 1 unspecified atom stereocenters. The standard InChI is InChI=1S/C21H27NO3/c1-12-2-5-14-10-16-21(24)7-6-15(23)19-20(21,17(14)18(12)25-19)8-9-22(16)11-13-3-4-13/h2,5,13,15-16,19,23-24H,3-4,6-11H2,1H3/t15?,16-,19+,20+,21-/m0/s1. The Morgan fingerprint density at radius 1 is 1.24 bits per heavy atom. The molecule has 3 aliphatic carbocycles. The van der Waals surface area contributed by atoms with Gasteiger partial charge in [0.05, 0.1) is 17.1 Å². The van der Waals surface area contributed by atoms with E-state index in [1.807, 2.05) is 0 Å². The molecule has 25 heavy (non-hydrogen) atoms. The zero-order valence-electron chi connectivity index (χ0n) is 14.9. The number of rotatable bonds is 2. The summed E-state index contributed by atoms with van der Waals surface area (Å²) in [5.74, 6) is 1.79. The quantitative estimate of drug-likeness (QED) is 0.863. The lowest BCUT2D eigenvalue weighted by molar-refractivity contribution is -0.208. The van der Waals surface area contributed by atoms with Crippen LogP contribution >= 0.6 is 0 Å². The minimum absolute atomic E-state index is 0.168. The second kappa shape index (κ2) is 4.59. The number of aryl methyl sites for hydroxylation is 1. The van der Waals surface area contributed by atoms with Crippen molar-refractivity contribution in [1.29, 1.82) is 0 Å². The first-order valence-electron chi connectivity index (χ1n) is 9.99. The number of nitrogens with zero attached hydrogens (tertiary/aromatic N) is 1. The maximum atomic E-state index is 12.1. The van der Waals surface area contributed by atoms with Crippen LogP contribution < -0.4 is 4.74 Å². The molecule has 134 valence electrons. The molecule has 2 N–H and O–H groups in total. The number of hydrogen-bond donors (Lipinski definition) is 2. The van der Waals surface area contributed by atoms with Crippen LogP contribution in [0.5, 0.6) is 5.75 Å². The summed E-state index contributed by atoms with van der Waals surface area (Å²) in [6.45, 7) is 4.23. The molecule has 3 fully saturated rings. The fourth-order valence-corrected chi connectivity index (χ4v) is 6.60. The fourth-order valence-electron chi connectivity index (χ4n) is 6.60. The number of aliphatic hydroxyl groups is 2. The van der Waals surface area contributed by atoms with E-state index < -0.39 is 17.1 Å². The summed E-state index contributed by atoms with van der Waals surface area (Å²) in [6.07, 6.45) is 5.07. The van der Waals surface area contributed by atoms with Gasteiger partial charge in [0.15, 0.2) is 0 Å². The number of aliphatic hydroxyl groups excluding tert-OH is 1. The maximum absolute atomic E-state index is 12.1. The van der Waals surface area contributed by atoms with Crippen molar-refractivity contribution in [2.24, 2.45) is 5.92 Å². The second-order valence-electron chi connectivity index (χ2n) is 9.19. The third kappa shape index (κ3) is 1.65. The molecule has 4 nitrogen and oxygen atoms in total. The van der Waals surface area contributed by atoms with Gasteiger partial charge in [0.2, 0.25) is 0 Å². The average Bonchev–Trinajstić information content (AvgIpc) is 3.32. The topological polar surface area (TPSA) is 52.9 Å². The van der Waals surface area contributed by atoms with Gasteiger partial charge in [-0.15, -0.1) is 0 Å². The van der Waals surface area contributed by atoms with Gasteiger partial charge in [-0.05, 0) is 69.0 Å². The molecule has 2 aliphatic heterocycles. The van der Waals surface area contributed by atoms with Gasteiger partial charge in [0.1, 0.15) is 11.9 Å². The zero-order valence-corrected chi connectivity index (χ0v) is 14.9. The highest BCUT2D eigenvalue weighted by atomic mass is 16.5. The SMILES string of the molecule is Cc1ccc2c3c1O[C@@H]1C(O)CC[C@]4(O)[C@H](C2)N(CC2CC2)CC[C@@]314. The van der Waals surface area contributed by atoms with Crippen LogP contribution in [0.4, 0.5) is 0 Å². The van der Waals surface area contributed by atoms with Crippen LogP contribution in [-0.4, -0.2) is 52.1 Å². The minimum atomic E-state index is -0.768. The Bertz CT molecular complexity index is 760. The van der Waals surface area contributed by atoms with Crippen LogP contribution in [0.2, 0.25) is 0 Å². The van der Waals surface area contributed by atoms with E-state index in [0.717, 1.165) is 43.2 Å². The monoisotopic (exact) mass is 341 g/mol. The van der Waals surface area contributed by atoms with Crippen molar-refractivity contribution in [2.75, 3.05) is 13.1 Å². The number of hydrogen-bond acceptors (Lipinski definition) is 4. The molecule has 6 rings (SSSR count). The molecule has 1 saturated heterocycles. The van der Waals surface area contributed by atoms with Crippen molar-refractivity contribution in [3.63, 3.8) is 0 Å². The summed E-state index contributed by atoms with van der Waals surface area (Å²) >= 11 is 0. The summed E-state index contributed by atoms with van der Waals surface area (Å²) in [7, 11) is 0. The van der Waals surface area contributed by atoms with Gasteiger partial charge in [0, 0.05) is 18.2 Å². The average molecular weight is 341 g/mol. The van der Waals surface area contributed by atoms with Crippen molar-refractivity contribution < 1.29 is 14.9 Å². The molecule has 5 atom stereocenters. The summed E-state index contributed by atoms with van der Waals surface area (Å²) < 4.78 is 6.39. The van der Waals surface area contributed by atoms with E-state index in [9.17, 15) is 10.2 Å². The Morgan fingerprint density at radius 2 is 2.08 bits per heavy atom. The molecular weight excluding hydrogens is 314 g/mol. The lowest BCUT2D eigenvalue weighted by Gasteiger charge is -2.63. The van der Waals surface area contributed by atoms with Crippen LogP contribution in [0.3, 0.4) is 0 Å². The maximum Gasteiger partial charge on any atom is 0.137 e. The van der Waals surface area contributed by atoms with Gasteiger partial charge in [0.25, 0.3) is 0 Å². The van der Waals surface area contributed by atoms with E-state index in [0.29, 0.717) is 12.8 Å². The lowest BCUT2D eigenvalue weighted by atomic mass is 9.48. The molecule has 0 aromatic heterocycles. The Labute approximate surface area is 148 Å².